The molecular weight excluding hydrogens is 210 g/mol. The molecule has 0 radical (unpaired) electrons. The number of aliphatic hydroxyl groups is 1. The fourth-order valence-electron chi connectivity index (χ4n) is 1.91. The molecule has 1 N–H and O–H groups in total. The highest BCUT2D eigenvalue weighted by Gasteiger charge is 2.20. The van der Waals surface area contributed by atoms with Gasteiger partial charge >= 0.3 is 0 Å². The monoisotopic (exact) mass is 227 g/mol. The van der Waals surface area contributed by atoms with E-state index >= 15 is 0 Å². The highest BCUT2D eigenvalue weighted by molar-refractivity contribution is 4.79. The fourth-order valence-corrected chi connectivity index (χ4v) is 1.91. The number of aromatic nitrogens is 2. The summed E-state index contributed by atoms with van der Waals surface area (Å²) < 4.78 is 10.4. The smallest absolute Gasteiger partial charge is 0.240 e. The summed E-state index contributed by atoms with van der Waals surface area (Å²) in [6, 6.07) is 0. The third-order valence-corrected chi connectivity index (χ3v) is 2.75. The summed E-state index contributed by atoms with van der Waals surface area (Å²) in [5.41, 5.74) is 0. The zero-order valence-electron chi connectivity index (χ0n) is 9.21. The second-order valence-electron chi connectivity index (χ2n) is 3.90. The lowest BCUT2D eigenvalue weighted by Gasteiger charge is -2.30. The lowest BCUT2D eigenvalue weighted by Crippen LogP contribution is -2.36. The first-order valence-corrected chi connectivity index (χ1v) is 5.59. The minimum Gasteiger partial charge on any atom is -0.394 e. The van der Waals surface area contributed by atoms with Crippen molar-refractivity contribution >= 4 is 0 Å². The van der Waals surface area contributed by atoms with Crippen LogP contribution in [-0.2, 0) is 11.3 Å². The van der Waals surface area contributed by atoms with Crippen molar-refractivity contribution in [2.45, 2.75) is 25.5 Å². The Morgan fingerprint density at radius 3 is 2.94 bits per heavy atom. The number of piperidine rings is 1. The van der Waals surface area contributed by atoms with Crippen LogP contribution in [0.25, 0.3) is 0 Å². The van der Waals surface area contributed by atoms with Crippen LogP contribution >= 0.6 is 0 Å². The van der Waals surface area contributed by atoms with E-state index in [4.69, 9.17) is 14.4 Å². The molecule has 1 saturated heterocycles. The molecule has 0 aliphatic carbocycles. The third-order valence-electron chi connectivity index (χ3n) is 2.75. The maximum atomic E-state index is 8.66. The summed E-state index contributed by atoms with van der Waals surface area (Å²) in [6.07, 6.45) is 3.69. The number of aliphatic hydroxyl groups excluding tert-OH is 1. The number of nitrogens with zero attached hydrogens (tertiary/aromatic N) is 3. The van der Waals surface area contributed by atoms with E-state index in [-0.39, 0.29) is 12.7 Å². The molecule has 6 heteroatoms. The lowest BCUT2D eigenvalue weighted by molar-refractivity contribution is -0.0104. The fraction of sp³-hybridized carbons (Fsp3) is 0.800. The van der Waals surface area contributed by atoms with Gasteiger partial charge in [-0.2, -0.15) is 4.98 Å². The Bertz CT molecular complexity index is 284. The average molecular weight is 227 g/mol. The topological polar surface area (TPSA) is 71.6 Å². The molecule has 0 aromatic carbocycles. The maximum Gasteiger partial charge on any atom is 0.240 e. The Kier molecular flexibility index (Phi) is 4.26. The zero-order valence-corrected chi connectivity index (χ0v) is 9.21. The van der Waals surface area contributed by atoms with E-state index in [1.807, 2.05) is 0 Å². The first kappa shape index (κ1) is 11.5. The molecule has 1 aliphatic rings. The van der Waals surface area contributed by atoms with Crippen LogP contribution in [0.1, 0.15) is 18.7 Å². The first-order chi connectivity index (χ1) is 7.88. The van der Waals surface area contributed by atoms with Gasteiger partial charge in [-0.05, 0) is 12.8 Å². The van der Waals surface area contributed by atoms with E-state index in [0.29, 0.717) is 19.0 Å². The van der Waals surface area contributed by atoms with Crippen LogP contribution in [-0.4, -0.2) is 52.6 Å². The molecule has 2 rings (SSSR count). The Morgan fingerprint density at radius 1 is 1.50 bits per heavy atom. The normalized spacial score (nSPS) is 19.1. The number of likely N-dealkylation sites (tertiary alicyclic amines) is 1. The molecule has 1 aliphatic heterocycles. The molecule has 90 valence electrons. The van der Waals surface area contributed by atoms with Crippen molar-refractivity contribution in [1.82, 2.24) is 15.0 Å². The Hall–Kier alpha value is -0.980. The van der Waals surface area contributed by atoms with E-state index in [1.165, 1.54) is 6.33 Å². The van der Waals surface area contributed by atoms with Gasteiger partial charge in [0.15, 0.2) is 6.33 Å². The summed E-state index contributed by atoms with van der Waals surface area (Å²) in [4.78, 5) is 6.27. The molecule has 16 heavy (non-hydrogen) atoms. The van der Waals surface area contributed by atoms with Crippen molar-refractivity contribution in [2.75, 3.05) is 26.3 Å². The molecule has 0 unspecified atom stereocenters. The van der Waals surface area contributed by atoms with E-state index < -0.39 is 0 Å². The lowest BCUT2D eigenvalue weighted by atomic mass is 10.1. The molecule has 0 bridgehead atoms. The van der Waals surface area contributed by atoms with Crippen LogP contribution in [0.4, 0.5) is 0 Å². The average Bonchev–Trinajstić information content (AvgIpc) is 2.81. The quantitative estimate of drug-likeness (QED) is 0.766. The molecule has 0 spiro atoms. The molecule has 0 amide bonds. The highest BCUT2D eigenvalue weighted by atomic mass is 16.5. The van der Waals surface area contributed by atoms with Gasteiger partial charge in [-0.25, -0.2) is 0 Å². The summed E-state index contributed by atoms with van der Waals surface area (Å²) in [6.45, 7) is 3.19. The summed E-state index contributed by atoms with van der Waals surface area (Å²) in [5.74, 6) is 0.662. The molecular formula is C10H17N3O3. The minimum atomic E-state index is 0.0994. The van der Waals surface area contributed by atoms with Crippen molar-refractivity contribution in [3.63, 3.8) is 0 Å². The van der Waals surface area contributed by atoms with Crippen LogP contribution in [0.3, 0.4) is 0 Å². The van der Waals surface area contributed by atoms with Crippen LogP contribution in [0.15, 0.2) is 10.9 Å². The van der Waals surface area contributed by atoms with Crippen molar-refractivity contribution in [1.29, 1.82) is 0 Å². The van der Waals surface area contributed by atoms with E-state index in [0.717, 1.165) is 25.9 Å². The predicted molar refractivity (Wildman–Crippen MR) is 55.6 cm³/mol. The van der Waals surface area contributed by atoms with E-state index in [9.17, 15) is 0 Å². The molecule has 6 nitrogen and oxygen atoms in total. The van der Waals surface area contributed by atoms with Crippen molar-refractivity contribution < 1.29 is 14.4 Å². The van der Waals surface area contributed by atoms with Crippen LogP contribution in [0.2, 0.25) is 0 Å². The molecule has 1 aromatic heterocycles. The van der Waals surface area contributed by atoms with Gasteiger partial charge in [0.25, 0.3) is 0 Å². The summed E-state index contributed by atoms with van der Waals surface area (Å²) in [7, 11) is 0. The molecule has 0 atom stereocenters. The maximum absolute atomic E-state index is 8.66. The Labute approximate surface area is 94.2 Å². The molecule has 2 heterocycles. The van der Waals surface area contributed by atoms with Gasteiger partial charge < -0.3 is 14.4 Å². The summed E-state index contributed by atoms with van der Waals surface area (Å²) >= 11 is 0. The van der Waals surface area contributed by atoms with Crippen molar-refractivity contribution in [3.05, 3.63) is 12.2 Å². The second-order valence-corrected chi connectivity index (χ2v) is 3.90. The highest BCUT2D eigenvalue weighted by Crippen LogP contribution is 2.15. The van der Waals surface area contributed by atoms with Gasteiger partial charge in [0, 0.05) is 13.1 Å². The number of hydrogen-bond donors (Lipinski definition) is 1. The second kappa shape index (κ2) is 5.93. The van der Waals surface area contributed by atoms with Gasteiger partial charge in [0.1, 0.15) is 0 Å². The Balaban J connectivity index is 1.69. The van der Waals surface area contributed by atoms with Gasteiger partial charge in [0.05, 0.1) is 25.9 Å². The van der Waals surface area contributed by atoms with E-state index in [1.54, 1.807) is 0 Å². The number of rotatable bonds is 5. The number of hydrogen-bond acceptors (Lipinski definition) is 6. The SMILES string of the molecule is OCCOC1CCN(Cc2ncno2)CC1. The van der Waals surface area contributed by atoms with Crippen LogP contribution in [0.5, 0.6) is 0 Å². The van der Waals surface area contributed by atoms with E-state index in [2.05, 4.69) is 15.0 Å². The predicted octanol–water partition coefficient (Wildman–Crippen LogP) is 0.0429. The largest absolute Gasteiger partial charge is 0.394 e. The van der Waals surface area contributed by atoms with Crippen molar-refractivity contribution in [2.24, 2.45) is 0 Å². The van der Waals surface area contributed by atoms with Gasteiger partial charge in [-0.3, -0.25) is 4.90 Å². The van der Waals surface area contributed by atoms with Gasteiger partial charge in [-0.15, -0.1) is 0 Å². The molecule has 1 aromatic rings. The van der Waals surface area contributed by atoms with Crippen LogP contribution in [0, 0.1) is 0 Å². The number of ether oxygens (including phenoxy) is 1. The van der Waals surface area contributed by atoms with Gasteiger partial charge in [0.2, 0.25) is 5.89 Å². The van der Waals surface area contributed by atoms with Gasteiger partial charge in [-0.1, -0.05) is 5.16 Å². The first-order valence-electron chi connectivity index (χ1n) is 5.59. The third kappa shape index (κ3) is 3.26. The molecule has 0 saturated carbocycles. The van der Waals surface area contributed by atoms with Crippen molar-refractivity contribution in [3.8, 4) is 0 Å². The minimum absolute atomic E-state index is 0.0994. The summed E-state index contributed by atoms with van der Waals surface area (Å²) in [5, 5.41) is 12.2. The zero-order chi connectivity index (χ0) is 11.2. The molecule has 1 fully saturated rings. The Morgan fingerprint density at radius 2 is 2.31 bits per heavy atom. The van der Waals surface area contributed by atoms with Crippen LogP contribution < -0.4 is 0 Å². The standard InChI is InChI=1S/C10H17N3O3/c14-5-6-15-9-1-3-13(4-2-9)7-10-11-8-12-16-10/h8-9,14H,1-7H2.